The van der Waals surface area contributed by atoms with E-state index in [4.69, 9.17) is 11.6 Å². The van der Waals surface area contributed by atoms with Crippen LogP contribution in [0.25, 0.3) is 0 Å². The second-order valence-electron chi connectivity index (χ2n) is 4.65. The van der Waals surface area contributed by atoms with Crippen LogP contribution in [0.3, 0.4) is 0 Å². The monoisotopic (exact) mass is 240 g/mol. The Morgan fingerprint density at radius 3 is 2.69 bits per heavy atom. The summed E-state index contributed by atoms with van der Waals surface area (Å²) < 4.78 is 0. The fourth-order valence-corrected chi connectivity index (χ4v) is 2.23. The molecule has 0 atom stereocenters. The second kappa shape index (κ2) is 6.87. The van der Waals surface area contributed by atoms with E-state index < -0.39 is 0 Å². The first-order valence-corrected chi connectivity index (χ1v) is 6.20. The third-order valence-electron chi connectivity index (χ3n) is 2.95. The molecule has 0 N–H and O–H groups in total. The summed E-state index contributed by atoms with van der Waals surface area (Å²) in [6, 6.07) is 0. The number of aliphatic imine (C=N–C) groups is 1. The third kappa shape index (κ3) is 4.95. The third-order valence-corrected chi connectivity index (χ3v) is 3.15. The van der Waals surface area contributed by atoms with Crippen molar-refractivity contribution in [2.75, 3.05) is 19.6 Å². The van der Waals surface area contributed by atoms with E-state index in [2.05, 4.69) is 30.5 Å². The van der Waals surface area contributed by atoms with Crippen LogP contribution in [0.15, 0.2) is 27.9 Å². The van der Waals surface area contributed by atoms with E-state index in [1.54, 1.807) is 6.20 Å². The SMILES string of the molecule is C=N/C=C(Cl)\C=C(/C)CN1CCC(C)CC1. The van der Waals surface area contributed by atoms with Crippen molar-refractivity contribution in [2.45, 2.75) is 26.7 Å². The van der Waals surface area contributed by atoms with Gasteiger partial charge in [0.25, 0.3) is 0 Å². The average Bonchev–Trinajstić information content (AvgIpc) is 2.21. The molecule has 1 saturated heterocycles. The van der Waals surface area contributed by atoms with E-state index in [0.29, 0.717) is 5.03 Å². The fraction of sp³-hybridized carbons (Fsp3) is 0.615. The molecule has 0 bridgehead atoms. The molecule has 0 aliphatic carbocycles. The minimum absolute atomic E-state index is 0.651. The zero-order valence-electron chi connectivity index (χ0n) is 10.2. The normalized spacial score (nSPS) is 21.2. The summed E-state index contributed by atoms with van der Waals surface area (Å²) in [5.74, 6) is 0.883. The lowest BCUT2D eigenvalue weighted by Gasteiger charge is -2.30. The summed E-state index contributed by atoms with van der Waals surface area (Å²) in [6.45, 7) is 11.2. The molecule has 0 radical (unpaired) electrons. The lowest BCUT2D eigenvalue weighted by molar-refractivity contribution is 0.206. The largest absolute Gasteiger partial charge is 0.299 e. The highest BCUT2D eigenvalue weighted by atomic mass is 35.5. The predicted octanol–water partition coefficient (Wildman–Crippen LogP) is 3.45. The summed E-state index contributed by atoms with van der Waals surface area (Å²) in [5, 5.41) is 0.651. The first-order valence-electron chi connectivity index (χ1n) is 5.83. The van der Waals surface area contributed by atoms with Gasteiger partial charge in [-0.05, 0) is 51.6 Å². The van der Waals surface area contributed by atoms with Crippen LogP contribution in [0, 0.1) is 5.92 Å². The Hall–Kier alpha value is -0.600. The average molecular weight is 241 g/mol. The summed E-state index contributed by atoms with van der Waals surface area (Å²) in [5.41, 5.74) is 1.28. The van der Waals surface area contributed by atoms with Gasteiger partial charge in [0, 0.05) is 12.7 Å². The van der Waals surface area contributed by atoms with Crippen molar-refractivity contribution >= 4 is 18.3 Å². The quantitative estimate of drug-likeness (QED) is 0.543. The molecule has 0 spiro atoms. The van der Waals surface area contributed by atoms with Crippen molar-refractivity contribution in [1.82, 2.24) is 4.90 Å². The molecule has 1 aliphatic heterocycles. The maximum atomic E-state index is 5.95. The maximum Gasteiger partial charge on any atom is 0.0588 e. The zero-order chi connectivity index (χ0) is 12.0. The van der Waals surface area contributed by atoms with E-state index in [1.807, 2.05) is 6.08 Å². The predicted molar refractivity (Wildman–Crippen MR) is 72.1 cm³/mol. The van der Waals surface area contributed by atoms with Crippen LogP contribution in [0.4, 0.5) is 0 Å². The Labute approximate surface area is 104 Å². The van der Waals surface area contributed by atoms with Gasteiger partial charge in [0.15, 0.2) is 0 Å². The highest BCUT2D eigenvalue weighted by Crippen LogP contribution is 2.17. The molecule has 1 heterocycles. The Morgan fingerprint density at radius 1 is 1.50 bits per heavy atom. The van der Waals surface area contributed by atoms with Gasteiger partial charge < -0.3 is 0 Å². The van der Waals surface area contributed by atoms with Crippen LogP contribution in [-0.4, -0.2) is 31.3 Å². The molecule has 1 fully saturated rings. The zero-order valence-corrected chi connectivity index (χ0v) is 11.0. The van der Waals surface area contributed by atoms with E-state index >= 15 is 0 Å². The minimum Gasteiger partial charge on any atom is -0.299 e. The number of nitrogens with zero attached hydrogens (tertiary/aromatic N) is 2. The molecular formula is C13H21ClN2. The van der Waals surface area contributed by atoms with Crippen LogP contribution in [0.1, 0.15) is 26.7 Å². The second-order valence-corrected chi connectivity index (χ2v) is 5.08. The van der Waals surface area contributed by atoms with E-state index in [-0.39, 0.29) is 0 Å². The number of piperidine rings is 1. The van der Waals surface area contributed by atoms with Gasteiger partial charge in [0.05, 0.1) is 5.03 Å². The van der Waals surface area contributed by atoms with Crippen molar-refractivity contribution in [3.63, 3.8) is 0 Å². The molecule has 2 nitrogen and oxygen atoms in total. The Balaban J connectivity index is 2.42. The summed E-state index contributed by atoms with van der Waals surface area (Å²) in [6.07, 6.45) is 6.16. The molecule has 90 valence electrons. The number of rotatable bonds is 4. The number of hydrogen-bond donors (Lipinski definition) is 0. The standard InChI is InChI=1S/C13H21ClN2/c1-11-4-6-16(7-5-11)10-12(2)8-13(14)9-15-3/h8-9,11H,3-7,10H2,1-2H3/b12-8+,13-9+. The van der Waals surface area contributed by atoms with Gasteiger partial charge in [-0.25, -0.2) is 0 Å². The number of allylic oxidation sites excluding steroid dienone is 2. The molecule has 1 rings (SSSR count). The minimum atomic E-state index is 0.651. The van der Waals surface area contributed by atoms with E-state index in [9.17, 15) is 0 Å². The maximum absolute atomic E-state index is 5.95. The van der Waals surface area contributed by atoms with Crippen LogP contribution in [-0.2, 0) is 0 Å². The van der Waals surface area contributed by atoms with Gasteiger partial charge in [0.1, 0.15) is 0 Å². The lowest BCUT2D eigenvalue weighted by Crippen LogP contribution is -2.34. The Kier molecular flexibility index (Phi) is 5.78. The summed E-state index contributed by atoms with van der Waals surface area (Å²) in [7, 11) is 0. The molecular weight excluding hydrogens is 220 g/mol. The summed E-state index contributed by atoms with van der Waals surface area (Å²) >= 11 is 5.95. The van der Waals surface area contributed by atoms with Gasteiger partial charge >= 0.3 is 0 Å². The Morgan fingerprint density at radius 2 is 2.12 bits per heavy atom. The topological polar surface area (TPSA) is 15.6 Å². The van der Waals surface area contributed by atoms with Crippen LogP contribution in [0.5, 0.6) is 0 Å². The first-order chi connectivity index (χ1) is 7.61. The molecule has 0 unspecified atom stereocenters. The van der Waals surface area contributed by atoms with Crippen LogP contribution in [0.2, 0.25) is 0 Å². The van der Waals surface area contributed by atoms with Gasteiger partial charge in [-0.15, -0.1) is 0 Å². The van der Waals surface area contributed by atoms with Crippen molar-refractivity contribution < 1.29 is 0 Å². The fourth-order valence-electron chi connectivity index (χ4n) is 1.98. The van der Waals surface area contributed by atoms with E-state index in [1.165, 1.54) is 31.5 Å². The molecule has 3 heteroatoms. The lowest BCUT2D eigenvalue weighted by atomic mass is 9.99. The molecule has 0 amide bonds. The van der Waals surface area contributed by atoms with Crippen molar-refractivity contribution in [3.8, 4) is 0 Å². The van der Waals surface area contributed by atoms with Crippen molar-refractivity contribution in [1.29, 1.82) is 0 Å². The van der Waals surface area contributed by atoms with Gasteiger partial charge in [-0.3, -0.25) is 9.89 Å². The van der Waals surface area contributed by atoms with Crippen LogP contribution >= 0.6 is 11.6 Å². The van der Waals surface area contributed by atoms with Crippen LogP contribution < -0.4 is 0 Å². The number of likely N-dealkylation sites (tertiary alicyclic amines) is 1. The van der Waals surface area contributed by atoms with Crippen molar-refractivity contribution in [2.24, 2.45) is 10.9 Å². The molecule has 0 aromatic rings. The molecule has 0 aromatic carbocycles. The summed E-state index contributed by atoms with van der Waals surface area (Å²) in [4.78, 5) is 6.13. The van der Waals surface area contributed by atoms with E-state index in [0.717, 1.165) is 12.5 Å². The van der Waals surface area contributed by atoms with Gasteiger partial charge in [0.2, 0.25) is 0 Å². The molecule has 1 aliphatic rings. The van der Waals surface area contributed by atoms with Crippen molar-refractivity contribution in [3.05, 3.63) is 22.9 Å². The molecule has 16 heavy (non-hydrogen) atoms. The number of hydrogen-bond acceptors (Lipinski definition) is 2. The van der Waals surface area contributed by atoms with Gasteiger partial charge in [-0.2, -0.15) is 0 Å². The Bertz CT molecular complexity index is 286. The molecule has 0 aromatic heterocycles. The highest BCUT2D eigenvalue weighted by molar-refractivity contribution is 6.31. The van der Waals surface area contributed by atoms with Gasteiger partial charge in [-0.1, -0.05) is 24.1 Å². The molecule has 0 saturated carbocycles. The highest BCUT2D eigenvalue weighted by Gasteiger charge is 2.15. The first kappa shape index (κ1) is 13.5. The number of halogens is 1. The smallest absolute Gasteiger partial charge is 0.0588 e.